The summed E-state index contributed by atoms with van der Waals surface area (Å²) >= 11 is 0. The molecule has 2 aromatic rings. The van der Waals surface area contributed by atoms with Gasteiger partial charge in [0.1, 0.15) is 18.0 Å². The summed E-state index contributed by atoms with van der Waals surface area (Å²) in [5, 5.41) is 13.3. The van der Waals surface area contributed by atoms with Crippen molar-refractivity contribution in [2.24, 2.45) is 5.92 Å². The molecule has 2 N–H and O–H groups in total. The highest BCUT2D eigenvalue weighted by Crippen LogP contribution is 2.28. The van der Waals surface area contributed by atoms with Gasteiger partial charge in [-0.15, -0.1) is 0 Å². The fourth-order valence-corrected chi connectivity index (χ4v) is 2.83. The molecule has 0 unspecified atom stereocenters. The highest BCUT2D eigenvalue weighted by molar-refractivity contribution is 5.88. The number of aromatic nitrogens is 2. The number of halogens is 1. The van der Waals surface area contributed by atoms with Gasteiger partial charge in [-0.25, -0.2) is 14.4 Å². The monoisotopic (exact) mass is 275 g/mol. The first-order valence-electron chi connectivity index (χ1n) is 7.04. The van der Waals surface area contributed by atoms with Crippen molar-refractivity contribution in [2.75, 3.05) is 11.9 Å². The third-order valence-electron chi connectivity index (χ3n) is 4.04. The number of aliphatic hydroxyl groups is 1. The molecule has 1 aromatic carbocycles. The fraction of sp³-hybridized carbons (Fsp3) is 0.467. The van der Waals surface area contributed by atoms with Crippen LogP contribution in [-0.2, 0) is 0 Å². The number of aliphatic hydroxyl groups excluding tert-OH is 1. The Kier molecular flexibility index (Phi) is 3.78. The van der Waals surface area contributed by atoms with E-state index in [0.717, 1.165) is 36.6 Å². The van der Waals surface area contributed by atoms with E-state index >= 15 is 0 Å². The lowest BCUT2D eigenvalue weighted by atomic mass is 9.86. The molecule has 0 aliphatic heterocycles. The Morgan fingerprint density at radius 2 is 2.00 bits per heavy atom. The van der Waals surface area contributed by atoms with Crippen molar-refractivity contribution in [3.05, 3.63) is 30.3 Å². The van der Waals surface area contributed by atoms with Gasteiger partial charge in [-0.2, -0.15) is 0 Å². The van der Waals surface area contributed by atoms with Gasteiger partial charge in [0.15, 0.2) is 0 Å². The molecule has 1 aliphatic rings. The lowest BCUT2D eigenvalue weighted by Gasteiger charge is -2.28. The highest BCUT2D eigenvalue weighted by atomic mass is 19.1. The second kappa shape index (κ2) is 5.71. The standard InChI is InChI=1S/C15H18FN3O/c16-11-3-6-14-13(7-11)15(18-9-17-14)19-12-4-1-10(8-20)2-5-12/h3,6-7,9-10,12,20H,1-2,4-5,8H2,(H,17,18,19). The largest absolute Gasteiger partial charge is 0.396 e. The summed E-state index contributed by atoms with van der Waals surface area (Å²) in [7, 11) is 0. The van der Waals surface area contributed by atoms with Gasteiger partial charge in [0.2, 0.25) is 0 Å². The first-order chi connectivity index (χ1) is 9.76. The van der Waals surface area contributed by atoms with Crippen LogP contribution in [0.1, 0.15) is 25.7 Å². The Morgan fingerprint density at radius 3 is 2.75 bits per heavy atom. The molecule has 0 saturated heterocycles. The molecule has 1 aromatic heterocycles. The maximum atomic E-state index is 13.4. The molecule has 0 bridgehead atoms. The molecule has 5 heteroatoms. The van der Waals surface area contributed by atoms with Crippen LogP contribution in [0.2, 0.25) is 0 Å². The summed E-state index contributed by atoms with van der Waals surface area (Å²) in [5.74, 6) is 0.842. The summed E-state index contributed by atoms with van der Waals surface area (Å²) in [6.45, 7) is 0.272. The summed E-state index contributed by atoms with van der Waals surface area (Å²) in [6, 6.07) is 4.88. The van der Waals surface area contributed by atoms with Crippen LogP contribution in [0.15, 0.2) is 24.5 Å². The number of nitrogens with zero attached hydrogens (tertiary/aromatic N) is 2. The van der Waals surface area contributed by atoms with E-state index in [1.807, 2.05) is 0 Å². The van der Waals surface area contributed by atoms with E-state index in [9.17, 15) is 4.39 Å². The molecular weight excluding hydrogens is 257 g/mol. The van der Waals surface area contributed by atoms with Gasteiger partial charge in [0.25, 0.3) is 0 Å². The smallest absolute Gasteiger partial charge is 0.137 e. The van der Waals surface area contributed by atoms with Crippen molar-refractivity contribution in [3.8, 4) is 0 Å². The highest BCUT2D eigenvalue weighted by Gasteiger charge is 2.21. The van der Waals surface area contributed by atoms with Crippen molar-refractivity contribution in [3.63, 3.8) is 0 Å². The van der Waals surface area contributed by atoms with Crippen LogP contribution in [0.4, 0.5) is 10.2 Å². The van der Waals surface area contributed by atoms with Gasteiger partial charge < -0.3 is 10.4 Å². The van der Waals surface area contributed by atoms with Crippen molar-refractivity contribution >= 4 is 16.7 Å². The minimum absolute atomic E-state index is 0.272. The van der Waals surface area contributed by atoms with E-state index in [2.05, 4.69) is 15.3 Å². The van der Waals surface area contributed by atoms with E-state index in [0.29, 0.717) is 17.8 Å². The zero-order valence-corrected chi connectivity index (χ0v) is 11.2. The zero-order chi connectivity index (χ0) is 13.9. The van der Waals surface area contributed by atoms with Gasteiger partial charge >= 0.3 is 0 Å². The van der Waals surface area contributed by atoms with Crippen molar-refractivity contribution < 1.29 is 9.50 Å². The third kappa shape index (κ3) is 2.72. The van der Waals surface area contributed by atoms with Crippen LogP contribution >= 0.6 is 0 Å². The molecule has 106 valence electrons. The van der Waals surface area contributed by atoms with Gasteiger partial charge in [0.05, 0.1) is 5.52 Å². The SMILES string of the molecule is OCC1CCC(Nc2ncnc3ccc(F)cc23)CC1. The molecule has 1 saturated carbocycles. The minimum Gasteiger partial charge on any atom is -0.396 e. The molecule has 0 amide bonds. The second-order valence-electron chi connectivity index (χ2n) is 5.43. The van der Waals surface area contributed by atoms with Gasteiger partial charge in [-0.05, 0) is 49.8 Å². The van der Waals surface area contributed by atoms with E-state index in [1.165, 1.54) is 18.5 Å². The molecular formula is C15H18FN3O. The topological polar surface area (TPSA) is 58.0 Å². The van der Waals surface area contributed by atoms with E-state index in [-0.39, 0.29) is 12.4 Å². The maximum absolute atomic E-state index is 13.4. The minimum atomic E-state index is -0.278. The summed E-state index contributed by atoms with van der Waals surface area (Å²) in [6.07, 6.45) is 5.55. The number of nitrogens with one attached hydrogen (secondary N) is 1. The van der Waals surface area contributed by atoms with Crippen LogP contribution in [0, 0.1) is 11.7 Å². The molecule has 1 heterocycles. The van der Waals surface area contributed by atoms with Crippen LogP contribution in [0.5, 0.6) is 0 Å². The Balaban J connectivity index is 1.79. The predicted molar refractivity (Wildman–Crippen MR) is 76.0 cm³/mol. The second-order valence-corrected chi connectivity index (χ2v) is 5.43. The third-order valence-corrected chi connectivity index (χ3v) is 4.04. The number of fused-ring (bicyclic) bond motifs is 1. The molecule has 1 aliphatic carbocycles. The van der Waals surface area contributed by atoms with E-state index in [1.54, 1.807) is 6.07 Å². The molecule has 4 nitrogen and oxygen atoms in total. The number of hydrogen-bond acceptors (Lipinski definition) is 4. The first-order valence-corrected chi connectivity index (χ1v) is 7.04. The Morgan fingerprint density at radius 1 is 1.20 bits per heavy atom. The molecule has 0 spiro atoms. The molecule has 20 heavy (non-hydrogen) atoms. The quantitative estimate of drug-likeness (QED) is 0.904. The van der Waals surface area contributed by atoms with Gasteiger partial charge in [-0.1, -0.05) is 0 Å². The Hall–Kier alpha value is -1.75. The average Bonchev–Trinajstić information content (AvgIpc) is 2.49. The molecule has 0 radical (unpaired) electrons. The summed E-state index contributed by atoms with van der Waals surface area (Å²) in [4.78, 5) is 8.39. The predicted octanol–water partition coefficient (Wildman–Crippen LogP) is 2.73. The normalized spacial score (nSPS) is 22.9. The van der Waals surface area contributed by atoms with Gasteiger partial charge in [-0.3, -0.25) is 0 Å². The van der Waals surface area contributed by atoms with Crippen LogP contribution in [-0.4, -0.2) is 27.7 Å². The molecule has 0 atom stereocenters. The Bertz CT molecular complexity index is 597. The zero-order valence-electron chi connectivity index (χ0n) is 11.2. The molecule has 1 fully saturated rings. The van der Waals surface area contributed by atoms with Gasteiger partial charge in [0, 0.05) is 18.0 Å². The van der Waals surface area contributed by atoms with Crippen LogP contribution in [0.3, 0.4) is 0 Å². The summed E-state index contributed by atoms with van der Waals surface area (Å²) in [5.41, 5.74) is 0.743. The van der Waals surface area contributed by atoms with Crippen molar-refractivity contribution in [2.45, 2.75) is 31.7 Å². The van der Waals surface area contributed by atoms with E-state index in [4.69, 9.17) is 5.11 Å². The molecule has 3 rings (SSSR count). The average molecular weight is 275 g/mol. The Labute approximate surface area is 117 Å². The number of hydrogen-bond donors (Lipinski definition) is 2. The van der Waals surface area contributed by atoms with Crippen LogP contribution in [0.25, 0.3) is 10.9 Å². The lowest BCUT2D eigenvalue weighted by molar-refractivity contribution is 0.186. The van der Waals surface area contributed by atoms with Crippen LogP contribution < -0.4 is 5.32 Å². The fourth-order valence-electron chi connectivity index (χ4n) is 2.83. The van der Waals surface area contributed by atoms with Crippen molar-refractivity contribution in [1.82, 2.24) is 9.97 Å². The lowest BCUT2D eigenvalue weighted by Crippen LogP contribution is -2.27. The number of benzene rings is 1. The number of anilines is 1. The first kappa shape index (κ1) is 13.2. The van der Waals surface area contributed by atoms with E-state index < -0.39 is 0 Å². The number of rotatable bonds is 3. The maximum Gasteiger partial charge on any atom is 0.137 e. The summed E-state index contributed by atoms with van der Waals surface area (Å²) < 4.78 is 13.4. The van der Waals surface area contributed by atoms with Crippen molar-refractivity contribution in [1.29, 1.82) is 0 Å².